The van der Waals surface area contributed by atoms with Crippen molar-refractivity contribution in [2.24, 2.45) is 0 Å². The maximum atomic E-state index is 12.7. The summed E-state index contributed by atoms with van der Waals surface area (Å²) in [5, 5.41) is 0. The van der Waals surface area contributed by atoms with Crippen LogP contribution in [0.15, 0.2) is 53.4 Å². The predicted octanol–water partition coefficient (Wildman–Crippen LogP) is 5.73. The highest BCUT2D eigenvalue weighted by Crippen LogP contribution is 2.26. The first-order valence-corrected chi connectivity index (χ1v) is 10.6. The van der Waals surface area contributed by atoms with Crippen LogP contribution in [-0.4, -0.2) is 8.42 Å². The average Bonchev–Trinajstić information content (AvgIpc) is 2.59. The summed E-state index contributed by atoms with van der Waals surface area (Å²) in [5.41, 5.74) is 2.84. The average molecular weight is 360 g/mol. The number of hydrogen-bond acceptors (Lipinski definition) is 2. The Morgan fingerprint density at radius 2 is 1.60 bits per heavy atom. The number of unbranched alkanes of at least 4 members (excludes halogenated alkanes) is 3. The number of anilines is 1. The van der Waals surface area contributed by atoms with Crippen LogP contribution >= 0.6 is 0 Å². The molecule has 25 heavy (non-hydrogen) atoms. The van der Waals surface area contributed by atoms with Crippen molar-refractivity contribution in [3.8, 4) is 0 Å². The fraction of sp³-hybridized carbons (Fsp3) is 0.429. The van der Waals surface area contributed by atoms with Gasteiger partial charge in [-0.05, 0) is 48.1 Å². The van der Waals surface area contributed by atoms with Gasteiger partial charge in [0.25, 0.3) is 10.0 Å². The van der Waals surface area contributed by atoms with Crippen molar-refractivity contribution in [3.63, 3.8) is 0 Å². The number of para-hydroxylation sites is 1. The van der Waals surface area contributed by atoms with Crippen LogP contribution in [0.5, 0.6) is 0 Å². The summed E-state index contributed by atoms with van der Waals surface area (Å²) in [4.78, 5) is 0.309. The lowest BCUT2D eigenvalue weighted by Crippen LogP contribution is -2.14. The molecule has 0 spiro atoms. The molecule has 0 aromatic heterocycles. The van der Waals surface area contributed by atoms with Gasteiger partial charge < -0.3 is 0 Å². The van der Waals surface area contributed by atoms with Crippen molar-refractivity contribution in [3.05, 3.63) is 59.7 Å². The summed E-state index contributed by atoms with van der Waals surface area (Å²) in [6.45, 7) is 6.31. The second kappa shape index (κ2) is 9.04. The van der Waals surface area contributed by atoms with Crippen LogP contribution in [0.25, 0.3) is 0 Å². The largest absolute Gasteiger partial charge is 0.279 e. The summed E-state index contributed by atoms with van der Waals surface area (Å²) in [5.74, 6) is 0.254. The van der Waals surface area contributed by atoms with Gasteiger partial charge in [-0.3, -0.25) is 4.72 Å². The van der Waals surface area contributed by atoms with Gasteiger partial charge in [0.15, 0.2) is 0 Å². The van der Waals surface area contributed by atoms with E-state index < -0.39 is 10.0 Å². The molecular formula is C21H29NO2S. The lowest BCUT2D eigenvalue weighted by Gasteiger charge is -2.15. The Morgan fingerprint density at radius 1 is 0.920 bits per heavy atom. The van der Waals surface area contributed by atoms with Crippen LogP contribution in [0, 0.1) is 0 Å². The van der Waals surface area contributed by atoms with Crippen LogP contribution in [0.3, 0.4) is 0 Å². The molecule has 0 saturated carbocycles. The standard InChI is InChI=1S/C21H29NO2S/c1-4-5-6-7-10-18-13-15-19(16-14-18)25(23,24)22-21-12-9-8-11-20(21)17(2)3/h8-9,11-17,22H,4-7,10H2,1-3H3. The highest BCUT2D eigenvalue weighted by molar-refractivity contribution is 7.92. The van der Waals surface area contributed by atoms with E-state index in [1.54, 1.807) is 12.1 Å². The Balaban J connectivity index is 2.10. The van der Waals surface area contributed by atoms with Gasteiger partial charge >= 0.3 is 0 Å². The molecule has 1 N–H and O–H groups in total. The number of rotatable bonds is 9. The molecule has 2 aromatic rings. The number of sulfonamides is 1. The first-order chi connectivity index (χ1) is 11.9. The van der Waals surface area contributed by atoms with Crippen molar-refractivity contribution >= 4 is 15.7 Å². The van der Waals surface area contributed by atoms with Crippen molar-refractivity contribution in [2.45, 2.75) is 63.7 Å². The summed E-state index contributed by atoms with van der Waals surface area (Å²) < 4.78 is 28.1. The molecule has 0 bridgehead atoms. The molecule has 0 fully saturated rings. The van der Waals surface area contributed by atoms with E-state index in [9.17, 15) is 8.42 Å². The van der Waals surface area contributed by atoms with E-state index >= 15 is 0 Å². The maximum absolute atomic E-state index is 12.7. The van der Waals surface area contributed by atoms with Gasteiger partial charge in [-0.15, -0.1) is 0 Å². The second-order valence-electron chi connectivity index (χ2n) is 6.80. The Bertz CT molecular complexity index is 765. The van der Waals surface area contributed by atoms with Gasteiger partial charge in [-0.1, -0.05) is 70.4 Å². The first kappa shape index (κ1) is 19.5. The number of hydrogen-bond donors (Lipinski definition) is 1. The zero-order valence-electron chi connectivity index (χ0n) is 15.5. The van der Waals surface area contributed by atoms with E-state index in [1.165, 1.54) is 24.8 Å². The summed E-state index contributed by atoms with van der Waals surface area (Å²) >= 11 is 0. The lowest BCUT2D eigenvalue weighted by molar-refractivity contribution is 0.601. The summed E-state index contributed by atoms with van der Waals surface area (Å²) in [6, 6.07) is 14.8. The second-order valence-corrected chi connectivity index (χ2v) is 8.48. The molecule has 4 heteroatoms. The third-order valence-corrected chi connectivity index (χ3v) is 5.76. The Hall–Kier alpha value is -1.81. The quantitative estimate of drug-likeness (QED) is 0.581. The molecule has 0 heterocycles. The summed E-state index contributed by atoms with van der Waals surface area (Å²) in [7, 11) is -3.57. The van der Waals surface area contributed by atoms with Gasteiger partial charge in [0, 0.05) is 0 Å². The normalized spacial score (nSPS) is 11.7. The van der Waals surface area contributed by atoms with E-state index in [1.807, 2.05) is 36.4 Å². The SMILES string of the molecule is CCCCCCc1ccc(S(=O)(=O)Nc2ccccc2C(C)C)cc1. The minimum Gasteiger partial charge on any atom is -0.279 e. The maximum Gasteiger partial charge on any atom is 0.261 e. The Labute approximate surface area is 152 Å². The molecule has 0 atom stereocenters. The van der Waals surface area contributed by atoms with Crippen molar-refractivity contribution < 1.29 is 8.42 Å². The topological polar surface area (TPSA) is 46.2 Å². The highest BCUT2D eigenvalue weighted by Gasteiger charge is 2.16. The van der Waals surface area contributed by atoms with Crippen molar-refractivity contribution in [1.29, 1.82) is 0 Å². The van der Waals surface area contributed by atoms with Crippen LogP contribution in [0.1, 0.15) is 63.5 Å². The number of benzene rings is 2. The van der Waals surface area contributed by atoms with Crippen LogP contribution in [-0.2, 0) is 16.4 Å². The Kier molecular flexibility index (Phi) is 7.06. The first-order valence-electron chi connectivity index (χ1n) is 9.14. The fourth-order valence-corrected chi connectivity index (χ4v) is 3.98. The van der Waals surface area contributed by atoms with E-state index in [0.717, 1.165) is 18.4 Å². The predicted molar refractivity (Wildman–Crippen MR) is 106 cm³/mol. The van der Waals surface area contributed by atoms with Gasteiger partial charge in [0.2, 0.25) is 0 Å². The molecule has 2 rings (SSSR count). The van der Waals surface area contributed by atoms with Crippen LogP contribution in [0.4, 0.5) is 5.69 Å². The number of aryl methyl sites for hydroxylation is 1. The molecule has 0 radical (unpaired) electrons. The van der Waals surface area contributed by atoms with E-state index in [2.05, 4.69) is 25.5 Å². The lowest BCUT2D eigenvalue weighted by atomic mass is 10.0. The molecule has 0 aliphatic rings. The zero-order chi connectivity index (χ0) is 18.3. The van der Waals surface area contributed by atoms with Gasteiger partial charge in [0.1, 0.15) is 0 Å². The smallest absolute Gasteiger partial charge is 0.261 e. The fourth-order valence-electron chi connectivity index (χ4n) is 2.89. The molecule has 0 aliphatic heterocycles. The van der Waals surface area contributed by atoms with Crippen molar-refractivity contribution in [2.75, 3.05) is 4.72 Å². The van der Waals surface area contributed by atoms with Gasteiger partial charge in [-0.25, -0.2) is 8.42 Å². The van der Waals surface area contributed by atoms with Gasteiger partial charge in [0.05, 0.1) is 10.6 Å². The van der Waals surface area contributed by atoms with Crippen molar-refractivity contribution in [1.82, 2.24) is 0 Å². The monoisotopic (exact) mass is 359 g/mol. The molecule has 136 valence electrons. The Morgan fingerprint density at radius 3 is 2.24 bits per heavy atom. The molecule has 2 aromatic carbocycles. The zero-order valence-corrected chi connectivity index (χ0v) is 16.3. The van der Waals surface area contributed by atoms with E-state index in [4.69, 9.17) is 0 Å². The van der Waals surface area contributed by atoms with E-state index in [-0.39, 0.29) is 5.92 Å². The summed E-state index contributed by atoms with van der Waals surface area (Å²) in [6.07, 6.45) is 5.86. The molecular weight excluding hydrogens is 330 g/mol. The van der Waals surface area contributed by atoms with Gasteiger partial charge in [-0.2, -0.15) is 0 Å². The minimum atomic E-state index is -3.57. The van der Waals surface area contributed by atoms with Crippen LogP contribution in [0.2, 0.25) is 0 Å². The molecule has 0 amide bonds. The third kappa shape index (κ3) is 5.60. The van der Waals surface area contributed by atoms with E-state index in [0.29, 0.717) is 10.6 Å². The third-order valence-electron chi connectivity index (χ3n) is 4.38. The number of nitrogens with one attached hydrogen (secondary N) is 1. The molecule has 3 nitrogen and oxygen atoms in total. The van der Waals surface area contributed by atoms with Crippen LogP contribution < -0.4 is 4.72 Å². The minimum absolute atomic E-state index is 0.254. The molecule has 0 aliphatic carbocycles. The molecule has 0 unspecified atom stereocenters. The highest BCUT2D eigenvalue weighted by atomic mass is 32.2. The molecule has 0 saturated heterocycles.